The lowest BCUT2D eigenvalue weighted by molar-refractivity contribution is -0.128. The molecule has 1 unspecified atom stereocenters. The number of rotatable bonds is 5. The van der Waals surface area contributed by atoms with Crippen LogP contribution in [0.25, 0.3) is 0 Å². The lowest BCUT2D eigenvalue weighted by Crippen LogP contribution is -2.42. The number of ether oxygens (including phenoxy) is 1. The molecule has 1 aliphatic heterocycles. The summed E-state index contributed by atoms with van der Waals surface area (Å²) in [6, 6.07) is 5.82. The highest BCUT2D eigenvalue weighted by Crippen LogP contribution is 2.28. The predicted octanol–water partition coefficient (Wildman–Crippen LogP) is 0.271. The van der Waals surface area contributed by atoms with Gasteiger partial charge in [-0.05, 0) is 31.4 Å². The number of aryl methyl sites for hydroxylation is 2. The molecule has 1 heterocycles. The zero-order valence-corrected chi connectivity index (χ0v) is 13.9. The Morgan fingerprint density at radius 2 is 2.09 bits per heavy atom. The van der Waals surface area contributed by atoms with Crippen molar-refractivity contribution in [3.05, 3.63) is 29.3 Å². The first kappa shape index (κ1) is 17.3. The van der Waals surface area contributed by atoms with Crippen LogP contribution >= 0.6 is 0 Å². The van der Waals surface area contributed by atoms with Crippen molar-refractivity contribution in [3.63, 3.8) is 0 Å². The molecule has 23 heavy (non-hydrogen) atoms. The molecule has 8 heteroatoms. The molecule has 1 atom stereocenters. The van der Waals surface area contributed by atoms with Crippen LogP contribution in [0.2, 0.25) is 0 Å². The van der Waals surface area contributed by atoms with Crippen LogP contribution < -0.4 is 14.8 Å². The maximum Gasteiger partial charge on any atom is 0.261 e. The van der Waals surface area contributed by atoms with Gasteiger partial charge in [-0.1, -0.05) is 17.7 Å². The van der Waals surface area contributed by atoms with Gasteiger partial charge in [-0.15, -0.1) is 0 Å². The van der Waals surface area contributed by atoms with Gasteiger partial charge in [-0.3, -0.25) is 14.3 Å². The number of benzene rings is 1. The molecule has 0 saturated heterocycles. The summed E-state index contributed by atoms with van der Waals surface area (Å²) in [6.07, 6.45) is 1.52. The fraction of sp³-hybridized carbons (Fsp3) is 0.467. The Morgan fingerprint density at radius 3 is 2.78 bits per heavy atom. The van der Waals surface area contributed by atoms with Crippen LogP contribution in [0.1, 0.15) is 24.0 Å². The number of carbonyl (C=O) groups excluding carboxylic acids is 2. The van der Waals surface area contributed by atoms with Gasteiger partial charge in [-0.25, -0.2) is 8.42 Å². The number of carbonyl (C=O) groups is 2. The smallest absolute Gasteiger partial charge is 0.261 e. The number of hydrogen-bond acceptors (Lipinski definition) is 5. The molecule has 0 spiro atoms. The first-order valence-corrected chi connectivity index (χ1v) is 9.18. The van der Waals surface area contributed by atoms with Crippen molar-refractivity contribution in [1.29, 1.82) is 0 Å². The first-order chi connectivity index (χ1) is 10.7. The molecule has 0 radical (unpaired) electrons. The molecule has 2 N–H and O–H groups in total. The van der Waals surface area contributed by atoms with E-state index in [-0.39, 0.29) is 18.9 Å². The van der Waals surface area contributed by atoms with E-state index >= 15 is 0 Å². The van der Waals surface area contributed by atoms with E-state index in [1.807, 2.05) is 29.8 Å². The average Bonchev–Trinajstić information content (AvgIpc) is 2.44. The Kier molecular flexibility index (Phi) is 5.25. The van der Waals surface area contributed by atoms with Crippen LogP contribution in [0, 0.1) is 6.92 Å². The molecule has 2 amide bonds. The highest BCUT2D eigenvalue weighted by molar-refractivity contribution is 7.89. The van der Waals surface area contributed by atoms with E-state index in [0.29, 0.717) is 12.2 Å². The Balaban J connectivity index is 1.81. The second kappa shape index (κ2) is 6.99. The van der Waals surface area contributed by atoms with Crippen molar-refractivity contribution in [2.24, 2.45) is 0 Å². The molecule has 126 valence electrons. The molecule has 7 nitrogen and oxygen atoms in total. The fourth-order valence-electron chi connectivity index (χ4n) is 2.37. The summed E-state index contributed by atoms with van der Waals surface area (Å²) in [7, 11) is -3.57. The van der Waals surface area contributed by atoms with E-state index < -0.39 is 22.0 Å². The molecule has 0 aliphatic carbocycles. The molecule has 0 fully saturated rings. The molecule has 1 aromatic rings. The second-order valence-corrected chi connectivity index (χ2v) is 7.34. The lowest BCUT2D eigenvalue weighted by atomic mass is 10.00. The third-order valence-corrected chi connectivity index (χ3v) is 4.00. The van der Waals surface area contributed by atoms with E-state index in [9.17, 15) is 18.0 Å². The maximum atomic E-state index is 12.1. The molecule has 0 aromatic heterocycles. The summed E-state index contributed by atoms with van der Waals surface area (Å²) in [4.78, 5) is 23.4. The number of fused-ring (bicyclic) bond motifs is 1. The summed E-state index contributed by atoms with van der Waals surface area (Å²) < 4.78 is 29.3. The molecule has 1 aliphatic rings. The third-order valence-electron chi connectivity index (χ3n) is 3.40. The van der Waals surface area contributed by atoms with E-state index in [1.54, 1.807) is 0 Å². The minimum atomic E-state index is -3.57. The Labute approximate surface area is 135 Å². The summed E-state index contributed by atoms with van der Waals surface area (Å²) in [5, 5.41) is 2.59. The van der Waals surface area contributed by atoms with Crippen molar-refractivity contribution in [2.75, 3.05) is 12.8 Å². The molecular formula is C15H20N2O5S. The minimum absolute atomic E-state index is 0.0564. The van der Waals surface area contributed by atoms with Crippen molar-refractivity contribution in [1.82, 2.24) is 10.0 Å². The van der Waals surface area contributed by atoms with Gasteiger partial charge >= 0.3 is 0 Å². The molecule has 1 aromatic carbocycles. The number of hydrogen-bond donors (Lipinski definition) is 2. The van der Waals surface area contributed by atoms with Gasteiger partial charge in [0.1, 0.15) is 5.75 Å². The van der Waals surface area contributed by atoms with Crippen molar-refractivity contribution >= 4 is 21.8 Å². The summed E-state index contributed by atoms with van der Waals surface area (Å²) in [5.74, 6) is -0.251. The van der Waals surface area contributed by atoms with Crippen LogP contribution in [0.15, 0.2) is 18.2 Å². The monoisotopic (exact) mass is 340 g/mol. The van der Waals surface area contributed by atoms with E-state index in [2.05, 4.69) is 5.32 Å². The number of sulfonamides is 1. The normalized spacial score (nSPS) is 16.9. The van der Waals surface area contributed by atoms with Gasteiger partial charge < -0.3 is 10.1 Å². The van der Waals surface area contributed by atoms with Crippen molar-refractivity contribution in [2.45, 2.75) is 32.3 Å². The Bertz CT molecular complexity index is 715. The average molecular weight is 340 g/mol. The molecule has 2 rings (SSSR count). The van der Waals surface area contributed by atoms with Gasteiger partial charge in [-0.2, -0.15) is 0 Å². The summed E-state index contributed by atoms with van der Waals surface area (Å²) >= 11 is 0. The minimum Gasteiger partial charge on any atom is -0.480 e. The zero-order valence-electron chi connectivity index (χ0n) is 13.1. The zero-order chi connectivity index (χ0) is 17.0. The number of nitrogens with one attached hydrogen (secondary N) is 2. The SMILES string of the molecule is Cc1ccc2c(c1)CCC(C(=O)NCCC(=O)NS(C)(=O)=O)O2. The van der Waals surface area contributed by atoms with Gasteiger partial charge in [0, 0.05) is 13.0 Å². The van der Waals surface area contributed by atoms with Crippen LogP contribution in [-0.2, 0) is 26.0 Å². The van der Waals surface area contributed by atoms with Crippen LogP contribution in [-0.4, -0.2) is 39.1 Å². The molecule has 0 saturated carbocycles. The van der Waals surface area contributed by atoms with Gasteiger partial charge in [0.2, 0.25) is 15.9 Å². The van der Waals surface area contributed by atoms with Crippen molar-refractivity contribution in [3.8, 4) is 5.75 Å². The third kappa shape index (κ3) is 5.24. The Hall–Kier alpha value is -2.09. The number of amides is 2. The summed E-state index contributed by atoms with van der Waals surface area (Å²) in [6.45, 7) is 2.06. The van der Waals surface area contributed by atoms with E-state index in [0.717, 1.165) is 23.8 Å². The highest BCUT2D eigenvalue weighted by Gasteiger charge is 2.25. The molecular weight excluding hydrogens is 320 g/mol. The quantitative estimate of drug-likeness (QED) is 0.801. The standard InChI is InChI=1S/C15H20N2O5S/c1-10-3-5-12-11(9-10)4-6-13(22-12)15(19)16-8-7-14(18)17-23(2,20)21/h3,5,9,13H,4,6-8H2,1-2H3,(H,16,19)(H,17,18). The first-order valence-electron chi connectivity index (χ1n) is 7.29. The second-order valence-electron chi connectivity index (χ2n) is 5.59. The van der Waals surface area contributed by atoms with Gasteiger partial charge in [0.25, 0.3) is 5.91 Å². The van der Waals surface area contributed by atoms with Gasteiger partial charge in [0.15, 0.2) is 6.10 Å². The Morgan fingerprint density at radius 1 is 1.35 bits per heavy atom. The van der Waals surface area contributed by atoms with E-state index in [4.69, 9.17) is 4.74 Å². The van der Waals surface area contributed by atoms with Crippen LogP contribution in [0.4, 0.5) is 0 Å². The fourth-order valence-corrected chi connectivity index (χ4v) is 2.89. The summed E-state index contributed by atoms with van der Waals surface area (Å²) in [5.41, 5.74) is 2.23. The van der Waals surface area contributed by atoms with Crippen LogP contribution in [0.3, 0.4) is 0 Å². The highest BCUT2D eigenvalue weighted by atomic mass is 32.2. The largest absolute Gasteiger partial charge is 0.480 e. The van der Waals surface area contributed by atoms with Crippen LogP contribution in [0.5, 0.6) is 5.75 Å². The van der Waals surface area contributed by atoms with Gasteiger partial charge in [0.05, 0.1) is 6.26 Å². The molecule has 0 bridgehead atoms. The maximum absolute atomic E-state index is 12.1. The topological polar surface area (TPSA) is 102 Å². The van der Waals surface area contributed by atoms with E-state index in [1.165, 1.54) is 0 Å². The predicted molar refractivity (Wildman–Crippen MR) is 84.5 cm³/mol. The lowest BCUT2D eigenvalue weighted by Gasteiger charge is -2.25. The van der Waals surface area contributed by atoms with Crippen molar-refractivity contribution < 1.29 is 22.7 Å².